The Kier molecular flexibility index (Phi) is 4.43. The van der Waals surface area contributed by atoms with Crippen LogP contribution in [-0.4, -0.2) is 16.7 Å². The molecule has 1 rings (SSSR count). The number of hydrogen-bond acceptors (Lipinski definition) is 3. The van der Waals surface area contributed by atoms with Gasteiger partial charge in [-0.3, -0.25) is 4.98 Å². The Morgan fingerprint density at radius 3 is 2.85 bits per heavy atom. The molecule has 1 heterocycles. The van der Waals surface area contributed by atoms with Crippen molar-refractivity contribution in [3.8, 4) is 0 Å². The molecule has 0 aliphatic rings. The van der Waals surface area contributed by atoms with Crippen LogP contribution in [0.5, 0.6) is 0 Å². The van der Waals surface area contributed by atoms with Crippen molar-refractivity contribution in [2.45, 2.75) is 26.6 Å². The Morgan fingerprint density at radius 1 is 1.46 bits per heavy atom. The SMILES string of the molecule is CCCOCc1ccc(CO)nc1. The van der Waals surface area contributed by atoms with Crippen molar-refractivity contribution in [3.05, 3.63) is 29.6 Å². The largest absolute Gasteiger partial charge is 0.390 e. The second-order valence-electron chi connectivity index (χ2n) is 2.87. The fraction of sp³-hybridized carbons (Fsp3) is 0.500. The first-order chi connectivity index (χ1) is 6.36. The van der Waals surface area contributed by atoms with Gasteiger partial charge in [-0.2, -0.15) is 0 Å². The summed E-state index contributed by atoms with van der Waals surface area (Å²) in [7, 11) is 0. The first-order valence-electron chi connectivity index (χ1n) is 4.49. The Hall–Kier alpha value is -0.930. The van der Waals surface area contributed by atoms with Crippen LogP contribution in [0.2, 0.25) is 0 Å². The molecule has 72 valence electrons. The number of hydrogen-bond donors (Lipinski definition) is 1. The molecule has 0 fully saturated rings. The Morgan fingerprint density at radius 2 is 2.31 bits per heavy atom. The van der Waals surface area contributed by atoms with Crippen LogP contribution in [0.3, 0.4) is 0 Å². The Balaban J connectivity index is 2.40. The first kappa shape index (κ1) is 10.2. The summed E-state index contributed by atoms with van der Waals surface area (Å²) in [6, 6.07) is 3.73. The van der Waals surface area contributed by atoms with E-state index in [4.69, 9.17) is 9.84 Å². The van der Waals surface area contributed by atoms with Crippen molar-refractivity contribution in [3.63, 3.8) is 0 Å². The van der Waals surface area contributed by atoms with Gasteiger partial charge in [0.05, 0.1) is 18.9 Å². The summed E-state index contributed by atoms with van der Waals surface area (Å²) in [5, 5.41) is 8.75. The molecule has 0 unspecified atom stereocenters. The van der Waals surface area contributed by atoms with Gasteiger partial charge in [-0.05, 0) is 18.1 Å². The molecule has 0 aromatic carbocycles. The summed E-state index contributed by atoms with van der Waals surface area (Å²) in [4.78, 5) is 4.05. The molecular weight excluding hydrogens is 166 g/mol. The summed E-state index contributed by atoms with van der Waals surface area (Å²) in [6.45, 7) is 3.46. The molecule has 0 bridgehead atoms. The zero-order valence-electron chi connectivity index (χ0n) is 7.86. The number of aliphatic hydroxyl groups is 1. The average Bonchev–Trinajstić information content (AvgIpc) is 2.19. The van der Waals surface area contributed by atoms with E-state index in [-0.39, 0.29) is 6.61 Å². The Labute approximate surface area is 78.4 Å². The van der Waals surface area contributed by atoms with Gasteiger partial charge < -0.3 is 9.84 Å². The minimum atomic E-state index is -0.00387. The number of ether oxygens (including phenoxy) is 1. The summed E-state index contributed by atoms with van der Waals surface area (Å²) in [6.07, 6.45) is 2.77. The number of rotatable bonds is 5. The third-order valence-electron chi connectivity index (χ3n) is 1.67. The van der Waals surface area contributed by atoms with Gasteiger partial charge in [-0.25, -0.2) is 0 Å². The molecule has 0 saturated carbocycles. The van der Waals surface area contributed by atoms with Gasteiger partial charge in [-0.1, -0.05) is 13.0 Å². The number of aliphatic hydroxyl groups excluding tert-OH is 1. The molecule has 0 amide bonds. The zero-order chi connectivity index (χ0) is 9.52. The zero-order valence-corrected chi connectivity index (χ0v) is 7.86. The smallest absolute Gasteiger partial charge is 0.0852 e. The predicted molar refractivity (Wildman–Crippen MR) is 50.1 cm³/mol. The van der Waals surface area contributed by atoms with Gasteiger partial charge in [0.15, 0.2) is 0 Å². The molecule has 1 aromatic rings. The quantitative estimate of drug-likeness (QED) is 0.700. The van der Waals surface area contributed by atoms with Crippen molar-refractivity contribution in [2.24, 2.45) is 0 Å². The van der Waals surface area contributed by atoms with Crippen LogP contribution in [0.4, 0.5) is 0 Å². The van der Waals surface area contributed by atoms with Gasteiger partial charge in [0.25, 0.3) is 0 Å². The van der Waals surface area contributed by atoms with Crippen LogP contribution in [0.1, 0.15) is 24.6 Å². The minimum absolute atomic E-state index is 0.00387. The van der Waals surface area contributed by atoms with E-state index in [1.807, 2.05) is 12.1 Å². The van der Waals surface area contributed by atoms with Gasteiger partial charge in [-0.15, -0.1) is 0 Å². The lowest BCUT2D eigenvalue weighted by atomic mass is 10.2. The van der Waals surface area contributed by atoms with E-state index in [0.29, 0.717) is 12.3 Å². The summed E-state index contributed by atoms with van der Waals surface area (Å²) in [5.74, 6) is 0. The van der Waals surface area contributed by atoms with Crippen LogP contribution in [0.25, 0.3) is 0 Å². The second kappa shape index (κ2) is 5.67. The normalized spacial score (nSPS) is 10.3. The van der Waals surface area contributed by atoms with Crippen molar-refractivity contribution in [1.82, 2.24) is 4.98 Å². The molecular formula is C10H15NO2. The molecule has 0 radical (unpaired) electrons. The van der Waals surface area contributed by atoms with E-state index in [1.54, 1.807) is 6.20 Å². The highest BCUT2D eigenvalue weighted by molar-refractivity contribution is 5.12. The van der Waals surface area contributed by atoms with Crippen LogP contribution in [0, 0.1) is 0 Å². The molecule has 0 aliphatic heterocycles. The topological polar surface area (TPSA) is 42.4 Å². The van der Waals surface area contributed by atoms with Gasteiger partial charge >= 0.3 is 0 Å². The lowest BCUT2D eigenvalue weighted by molar-refractivity contribution is 0.121. The minimum Gasteiger partial charge on any atom is -0.390 e. The van der Waals surface area contributed by atoms with E-state index in [1.165, 1.54) is 0 Å². The fourth-order valence-electron chi connectivity index (χ4n) is 0.968. The van der Waals surface area contributed by atoms with Crippen LogP contribution >= 0.6 is 0 Å². The maximum atomic E-state index is 8.75. The number of aromatic nitrogens is 1. The molecule has 3 nitrogen and oxygen atoms in total. The third kappa shape index (κ3) is 3.53. The van der Waals surface area contributed by atoms with Gasteiger partial charge in [0, 0.05) is 12.8 Å². The molecule has 0 saturated heterocycles. The lowest BCUT2D eigenvalue weighted by Gasteiger charge is -2.02. The molecule has 1 aromatic heterocycles. The van der Waals surface area contributed by atoms with Gasteiger partial charge in [0.2, 0.25) is 0 Å². The molecule has 0 aliphatic carbocycles. The Bertz CT molecular complexity index is 233. The molecule has 1 N–H and O–H groups in total. The maximum Gasteiger partial charge on any atom is 0.0852 e. The van der Waals surface area contributed by atoms with E-state index < -0.39 is 0 Å². The van der Waals surface area contributed by atoms with Crippen LogP contribution in [0.15, 0.2) is 18.3 Å². The second-order valence-corrected chi connectivity index (χ2v) is 2.87. The van der Waals surface area contributed by atoms with Crippen molar-refractivity contribution < 1.29 is 9.84 Å². The van der Waals surface area contributed by atoms with Crippen molar-refractivity contribution >= 4 is 0 Å². The number of nitrogens with zero attached hydrogens (tertiary/aromatic N) is 1. The monoisotopic (exact) mass is 181 g/mol. The van der Waals surface area contributed by atoms with Crippen molar-refractivity contribution in [1.29, 1.82) is 0 Å². The average molecular weight is 181 g/mol. The third-order valence-corrected chi connectivity index (χ3v) is 1.67. The summed E-state index contributed by atoms with van der Waals surface area (Å²) >= 11 is 0. The van der Waals surface area contributed by atoms with Crippen molar-refractivity contribution in [2.75, 3.05) is 6.61 Å². The highest BCUT2D eigenvalue weighted by Gasteiger charge is 1.94. The standard InChI is InChI=1S/C10H15NO2/c1-2-5-13-8-9-3-4-10(7-12)11-6-9/h3-4,6,12H,2,5,7-8H2,1H3. The van der Waals surface area contributed by atoms with Crippen LogP contribution < -0.4 is 0 Å². The highest BCUT2D eigenvalue weighted by atomic mass is 16.5. The highest BCUT2D eigenvalue weighted by Crippen LogP contribution is 2.02. The predicted octanol–water partition coefficient (Wildman–Crippen LogP) is 1.50. The van der Waals surface area contributed by atoms with E-state index in [9.17, 15) is 0 Å². The van der Waals surface area contributed by atoms with E-state index in [0.717, 1.165) is 18.6 Å². The number of pyridine rings is 1. The van der Waals surface area contributed by atoms with Gasteiger partial charge in [0.1, 0.15) is 0 Å². The molecule has 13 heavy (non-hydrogen) atoms. The fourth-order valence-corrected chi connectivity index (χ4v) is 0.968. The molecule has 0 spiro atoms. The first-order valence-corrected chi connectivity index (χ1v) is 4.49. The summed E-state index contributed by atoms with van der Waals surface area (Å²) in [5.41, 5.74) is 1.74. The van der Waals surface area contributed by atoms with Crippen LogP contribution in [-0.2, 0) is 18.0 Å². The lowest BCUT2D eigenvalue weighted by Crippen LogP contribution is -1.96. The molecule has 3 heteroatoms. The molecule has 0 atom stereocenters. The maximum absolute atomic E-state index is 8.75. The van der Waals surface area contributed by atoms with E-state index in [2.05, 4.69) is 11.9 Å². The van der Waals surface area contributed by atoms with E-state index >= 15 is 0 Å². The summed E-state index contributed by atoms with van der Waals surface area (Å²) < 4.78 is 5.34.